The quantitative estimate of drug-likeness (QED) is 0.335. The number of para-hydroxylation sites is 1. The van der Waals surface area contributed by atoms with Gasteiger partial charge >= 0.3 is 0 Å². The number of rotatable bonds is 5. The summed E-state index contributed by atoms with van der Waals surface area (Å²) >= 11 is 0. The lowest BCUT2D eigenvalue weighted by Crippen LogP contribution is -2.26. The molecule has 0 bridgehead atoms. The third-order valence-electron chi connectivity index (χ3n) is 5.65. The summed E-state index contributed by atoms with van der Waals surface area (Å²) in [4.78, 5) is 4.52. The van der Waals surface area contributed by atoms with Gasteiger partial charge in [0.15, 0.2) is 0 Å². The Morgan fingerprint density at radius 3 is 2.17 bits per heavy atom. The van der Waals surface area contributed by atoms with Crippen molar-refractivity contribution in [3.63, 3.8) is 0 Å². The summed E-state index contributed by atoms with van der Waals surface area (Å²) < 4.78 is 29.2. The van der Waals surface area contributed by atoms with E-state index in [0.717, 1.165) is 11.1 Å². The lowest BCUT2D eigenvalue weighted by molar-refractivity contribution is 0.475. The molecule has 7 heteroatoms. The Morgan fingerprint density at radius 1 is 0.800 bits per heavy atom. The molecule has 5 aromatic rings. The fourth-order valence-electron chi connectivity index (χ4n) is 3.92. The van der Waals surface area contributed by atoms with E-state index >= 15 is 0 Å². The third-order valence-corrected chi connectivity index (χ3v) is 7.41. The van der Waals surface area contributed by atoms with Gasteiger partial charge in [-0.2, -0.15) is 5.26 Å². The highest BCUT2D eigenvalue weighted by atomic mass is 32.2. The first-order valence-electron chi connectivity index (χ1n) is 10.8. The molecule has 170 valence electrons. The van der Waals surface area contributed by atoms with Crippen LogP contribution in [0.4, 0.5) is 11.4 Å². The molecule has 6 nitrogen and oxygen atoms in total. The number of aromatic nitrogens is 1. The topological polar surface area (TPSA) is 94.3 Å². The minimum atomic E-state index is -4.04. The van der Waals surface area contributed by atoms with Crippen molar-refractivity contribution in [3.8, 4) is 22.9 Å². The molecule has 0 aliphatic heterocycles. The second-order valence-corrected chi connectivity index (χ2v) is 9.64. The number of benzene rings is 4. The van der Waals surface area contributed by atoms with Gasteiger partial charge in [0.2, 0.25) is 0 Å². The van der Waals surface area contributed by atoms with Crippen LogP contribution in [0.5, 0.6) is 5.75 Å². The van der Waals surface area contributed by atoms with Gasteiger partial charge in [-0.05, 0) is 77.9 Å². The lowest BCUT2D eigenvalue weighted by atomic mass is 10.0. The molecule has 0 amide bonds. The molecule has 4 aromatic carbocycles. The normalized spacial score (nSPS) is 11.2. The molecular weight excluding hydrogens is 458 g/mol. The van der Waals surface area contributed by atoms with Gasteiger partial charge in [-0.3, -0.25) is 4.98 Å². The van der Waals surface area contributed by atoms with E-state index in [0.29, 0.717) is 27.8 Å². The first kappa shape index (κ1) is 22.1. The van der Waals surface area contributed by atoms with Crippen LogP contribution in [-0.4, -0.2) is 18.5 Å². The van der Waals surface area contributed by atoms with Gasteiger partial charge < -0.3 is 5.11 Å². The number of anilines is 2. The molecule has 0 radical (unpaired) electrons. The molecule has 5 rings (SSSR count). The predicted octanol–water partition coefficient (Wildman–Crippen LogP) is 6.01. The lowest BCUT2D eigenvalue weighted by Gasteiger charge is -2.26. The summed E-state index contributed by atoms with van der Waals surface area (Å²) in [6.45, 7) is 0. The standard InChI is InChI=1S/C28H19N3O3S/c29-19-20-6-13-25(14-7-20)35(33,34)31(23-4-2-1-3-5-23)28-16-17-30-27-15-10-22(18-26(27)28)21-8-11-24(32)12-9-21/h1-18,32H. The van der Waals surface area contributed by atoms with Gasteiger partial charge in [0.05, 0.1) is 33.4 Å². The van der Waals surface area contributed by atoms with Crippen molar-refractivity contribution in [2.75, 3.05) is 4.31 Å². The maximum Gasteiger partial charge on any atom is 0.268 e. The van der Waals surface area contributed by atoms with Crippen LogP contribution in [0.2, 0.25) is 0 Å². The number of hydrogen-bond donors (Lipinski definition) is 1. The van der Waals surface area contributed by atoms with Crippen molar-refractivity contribution in [1.82, 2.24) is 4.98 Å². The van der Waals surface area contributed by atoms with Gasteiger partial charge in [-0.15, -0.1) is 0 Å². The van der Waals surface area contributed by atoms with Gasteiger partial charge in [0.25, 0.3) is 10.0 Å². The summed E-state index contributed by atoms with van der Waals surface area (Å²) in [6, 6.07) is 30.9. The molecule has 0 spiro atoms. The van der Waals surface area contributed by atoms with Crippen LogP contribution in [0.25, 0.3) is 22.0 Å². The van der Waals surface area contributed by atoms with Crippen LogP contribution in [-0.2, 0) is 10.0 Å². The highest BCUT2D eigenvalue weighted by Crippen LogP contribution is 2.38. The van der Waals surface area contributed by atoms with E-state index in [2.05, 4.69) is 4.98 Å². The van der Waals surface area contributed by atoms with Crippen molar-refractivity contribution in [2.45, 2.75) is 4.90 Å². The number of nitriles is 1. The molecule has 0 aliphatic rings. The fraction of sp³-hybridized carbons (Fsp3) is 0. The van der Waals surface area contributed by atoms with Gasteiger partial charge in [-0.25, -0.2) is 12.7 Å². The van der Waals surface area contributed by atoms with E-state index in [9.17, 15) is 13.5 Å². The van der Waals surface area contributed by atoms with Crippen molar-refractivity contribution >= 4 is 32.3 Å². The summed E-state index contributed by atoms with van der Waals surface area (Å²) in [5.74, 6) is 0.167. The smallest absolute Gasteiger partial charge is 0.268 e. The molecule has 0 saturated carbocycles. The minimum absolute atomic E-state index is 0.0694. The van der Waals surface area contributed by atoms with E-state index in [4.69, 9.17) is 5.26 Å². The van der Waals surface area contributed by atoms with Crippen molar-refractivity contribution in [1.29, 1.82) is 5.26 Å². The number of pyridine rings is 1. The van der Waals surface area contributed by atoms with E-state index in [-0.39, 0.29) is 10.6 Å². The summed E-state index contributed by atoms with van der Waals surface area (Å²) in [5.41, 5.74) is 3.67. The zero-order valence-corrected chi connectivity index (χ0v) is 19.2. The SMILES string of the molecule is N#Cc1ccc(S(=O)(=O)N(c2ccccc2)c2ccnc3ccc(-c4ccc(O)cc4)cc23)cc1. The molecule has 0 atom stereocenters. The van der Waals surface area contributed by atoms with Gasteiger partial charge in [0, 0.05) is 11.6 Å². The Balaban J connectivity index is 1.74. The van der Waals surface area contributed by atoms with Gasteiger partial charge in [-0.1, -0.05) is 36.4 Å². The van der Waals surface area contributed by atoms with E-state index in [1.807, 2.05) is 30.3 Å². The molecule has 1 heterocycles. The van der Waals surface area contributed by atoms with Crippen molar-refractivity contribution in [2.24, 2.45) is 0 Å². The van der Waals surface area contributed by atoms with Crippen LogP contribution < -0.4 is 4.31 Å². The second kappa shape index (κ2) is 8.93. The molecular formula is C28H19N3O3S. The maximum atomic E-state index is 14.0. The van der Waals surface area contributed by atoms with Crippen molar-refractivity contribution in [3.05, 3.63) is 115 Å². The summed E-state index contributed by atoms with van der Waals surface area (Å²) in [6.07, 6.45) is 1.59. The van der Waals surface area contributed by atoms with E-state index in [1.54, 1.807) is 60.8 Å². The Labute approximate surface area is 203 Å². The number of phenols is 1. The van der Waals surface area contributed by atoms with E-state index in [1.165, 1.54) is 28.6 Å². The average Bonchev–Trinajstić information content (AvgIpc) is 2.90. The van der Waals surface area contributed by atoms with Crippen LogP contribution in [0, 0.1) is 11.3 Å². The fourth-order valence-corrected chi connectivity index (χ4v) is 5.43. The molecule has 35 heavy (non-hydrogen) atoms. The first-order valence-corrected chi connectivity index (χ1v) is 12.2. The monoisotopic (exact) mass is 477 g/mol. The number of sulfonamides is 1. The third kappa shape index (κ3) is 4.19. The second-order valence-electron chi connectivity index (χ2n) is 7.85. The molecule has 0 fully saturated rings. The Bertz CT molecular complexity index is 1660. The number of aromatic hydroxyl groups is 1. The molecule has 1 aromatic heterocycles. The molecule has 0 unspecified atom stereocenters. The Hall–Kier alpha value is -4.67. The molecule has 1 N–H and O–H groups in total. The first-order chi connectivity index (χ1) is 17.0. The molecule has 0 saturated heterocycles. The van der Waals surface area contributed by atoms with Crippen LogP contribution in [0.15, 0.2) is 114 Å². The minimum Gasteiger partial charge on any atom is -0.508 e. The highest BCUT2D eigenvalue weighted by Gasteiger charge is 2.28. The summed E-state index contributed by atoms with van der Waals surface area (Å²) in [5, 5.41) is 19.4. The largest absolute Gasteiger partial charge is 0.508 e. The number of nitrogens with zero attached hydrogens (tertiary/aromatic N) is 3. The van der Waals surface area contributed by atoms with Gasteiger partial charge in [0.1, 0.15) is 5.75 Å². The Kier molecular flexibility index (Phi) is 5.65. The number of hydrogen-bond acceptors (Lipinski definition) is 5. The van der Waals surface area contributed by atoms with Crippen LogP contribution in [0.3, 0.4) is 0 Å². The zero-order chi connectivity index (χ0) is 24.4. The van der Waals surface area contributed by atoms with Crippen LogP contribution in [0.1, 0.15) is 5.56 Å². The maximum absolute atomic E-state index is 14.0. The number of fused-ring (bicyclic) bond motifs is 1. The zero-order valence-electron chi connectivity index (χ0n) is 18.4. The predicted molar refractivity (Wildman–Crippen MR) is 136 cm³/mol. The van der Waals surface area contributed by atoms with Crippen molar-refractivity contribution < 1.29 is 13.5 Å². The highest BCUT2D eigenvalue weighted by molar-refractivity contribution is 7.93. The average molecular weight is 478 g/mol. The number of phenolic OH excluding ortho intramolecular Hbond substituents is 1. The Morgan fingerprint density at radius 2 is 1.49 bits per heavy atom. The van der Waals surface area contributed by atoms with Crippen LogP contribution >= 0.6 is 0 Å². The summed E-state index contributed by atoms with van der Waals surface area (Å²) in [7, 11) is -4.04. The van der Waals surface area contributed by atoms with E-state index < -0.39 is 10.0 Å². The molecule has 0 aliphatic carbocycles.